The fourth-order valence-corrected chi connectivity index (χ4v) is 3.54. The molecule has 3 rings (SSSR count). The summed E-state index contributed by atoms with van der Waals surface area (Å²) < 4.78 is 0. The number of fused-ring (bicyclic) bond motifs is 1. The maximum atomic E-state index is 12.6. The number of carbonyl (C=O) groups is 1. The standard InChI is InChI=1S/C18H27N3O/c1-13(2)18(22)17-16-6-4-3-5-14(16)11-15(20-17)12-21-9-7-19-8-10-21/h3-6,13,15,17,19-20H,7-12H2,1-2H3. The van der Waals surface area contributed by atoms with Gasteiger partial charge in [-0.3, -0.25) is 15.0 Å². The highest BCUT2D eigenvalue weighted by Gasteiger charge is 2.32. The van der Waals surface area contributed by atoms with E-state index in [0.29, 0.717) is 11.8 Å². The third kappa shape index (κ3) is 3.40. The van der Waals surface area contributed by atoms with Crippen LogP contribution in [0, 0.1) is 5.92 Å². The van der Waals surface area contributed by atoms with Gasteiger partial charge in [0, 0.05) is 44.7 Å². The maximum absolute atomic E-state index is 12.6. The van der Waals surface area contributed by atoms with E-state index in [2.05, 4.69) is 33.7 Å². The molecular weight excluding hydrogens is 274 g/mol. The van der Waals surface area contributed by atoms with Crippen LogP contribution in [0.1, 0.15) is 31.0 Å². The van der Waals surface area contributed by atoms with E-state index in [1.807, 2.05) is 19.9 Å². The first-order valence-electron chi connectivity index (χ1n) is 8.46. The lowest BCUT2D eigenvalue weighted by atomic mass is 9.85. The summed E-state index contributed by atoms with van der Waals surface area (Å²) in [6, 6.07) is 8.63. The molecule has 1 aromatic carbocycles. The topological polar surface area (TPSA) is 44.4 Å². The van der Waals surface area contributed by atoms with Crippen molar-refractivity contribution >= 4 is 5.78 Å². The zero-order chi connectivity index (χ0) is 15.5. The summed E-state index contributed by atoms with van der Waals surface area (Å²) in [7, 11) is 0. The molecule has 0 radical (unpaired) electrons. The summed E-state index contributed by atoms with van der Waals surface area (Å²) in [5, 5.41) is 7.02. The predicted octanol–water partition coefficient (Wildman–Crippen LogP) is 1.37. The van der Waals surface area contributed by atoms with Crippen LogP contribution in [-0.2, 0) is 11.2 Å². The van der Waals surface area contributed by atoms with Crippen LogP contribution in [0.2, 0.25) is 0 Å². The van der Waals surface area contributed by atoms with Crippen LogP contribution in [0.25, 0.3) is 0 Å². The number of hydrogen-bond donors (Lipinski definition) is 2. The van der Waals surface area contributed by atoms with Crippen LogP contribution in [0.5, 0.6) is 0 Å². The minimum atomic E-state index is -0.141. The van der Waals surface area contributed by atoms with E-state index >= 15 is 0 Å². The second-order valence-corrected chi connectivity index (χ2v) is 6.81. The van der Waals surface area contributed by atoms with Gasteiger partial charge in [0.05, 0.1) is 6.04 Å². The Labute approximate surface area is 133 Å². The van der Waals surface area contributed by atoms with Crippen molar-refractivity contribution in [1.82, 2.24) is 15.5 Å². The van der Waals surface area contributed by atoms with Gasteiger partial charge in [-0.2, -0.15) is 0 Å². The van der Waals surface area contributed by atoms with Gasteiger partial charge in [0.1, 0.15) is 0 Å². The summed E-state index contributed by atoms with van der Waals surface area (Å²) in [5.41, 5.74) is 2.51. The van der Waals surface area contributed by atoms with Crippen LogP contribution in [0.15, 0.2) is 24.3 Å². The molecule has 0 saturated carbocycles. The van der Waals surface area contributed by atoms with Crippen molar-refractivity contribution in [3.05, 3.63) is 35.4 Å². The fraction of sp³-hybridized carbons (Fsp3) is 0.611. The van der Waals surface area contributed by atoms with Crippen molar-refractivity contribution < 1.29 is 4.79 Å². The molecule has 0 amide bonds. The van der Waals surface area contributed by atoms with Gasteiger partial charge in [0.25, 0.3) is 0 Å². The molecule has 1 fully saturated rings. The number of ketones is 1. The molecule has 4 nitrogen and oxygen atoms in total. The maximum Gasteiger partial charge on any atom is 0.156 e. The molecule has 0 spiro atoms. The number of benzene rings is 1. The van der Waals surface area contributed by atoms with Gasteiger partial charge in [-0.25, -0.2) is 0 Å². The third-order valence-corrected chi connectivity index (χ3v) is 4.78. The Morgan fingerprint density at radius 1 is 1.27 bits per heavy atom. The second-order valence-electron chi connectivity index (χ2n) is 6.81. The van der Waals surface area contributed by atoms with Gasteiger partial charge < -0.3 is 5.32 Å². The number of rotatable bonds is 4. The van der Waals surface area contributed by atoms with E-state index in [4.69, 9.17) is 0 Å². The Morgan fingerprint density at radius 3 is 2.73 bits per heavy atom. The largest absolute Gasteiger partial charge is 0.314 e. The smallest absolute Gasteiger partial charge is 0.156 e. The molecule has 2 heterocycles. The minimum absolute atomic E-state index is 0.0588. The quantitative estimate of drug-likeness (QED) is 0.882. The molecule has 4 heteroatoms. The molecule has 2 atom stereocenters. The number of carbonyl (C=O) groups excluding carboxylic acids is 1. The number of piperazine rings is 1. The van der Waals surface area contributed by atoms with Crippen molar-refractivity contribution in [2.24, 2.45) is 5.92 Å². The monoisotopic (exact) mass is 301 g/mol. The van der Waals surface area contributed by atoms with Crippen molar-refractivity contribution in [3.8, 4) is 0 Å². The first kappa shape index (κ1) is 15.7. The van der Waals surface area contributed by atoms with E-state index in [9.17, 15) is 4.79 Å². The molecule has 2 N–H and O–H groups in total. The first-order chi connectivity index (χ1) is 10.6. The summed E-state index contributed by atoms with van der Waals surface area (Å²) in [5.74, 6) is 0.362. The highest BCUT2D eigenvalue weighted by Crippen LogP contribution is 2.28. The summed E-state index contributed by atoms with van der Waals surface area (Å²) in [6.07, 6.45) is 1.02. The molecular formula is C18H27N3O. The van der Waals surface area contributed by atoms with Gasteiger partial charge in [-0.15, -0.1) is 0 Å². The van der Waals surface area contributed by atoms with Crippen molar-refractivity contribution in [2.75, 3.05) is 32.7 Å². The Kier molecular flexibility index (Phi) is 4.91. The lowest BCUT2D eigenvalue weighted by molar-refractivity contribution is -0.124. The van der Waals surface area contributed by atoms with Crippen molar-refractivity contribution in [2.45, 2.75) is 32.4 Å². The van der Waals surface area contributed by atoms with Crippen LogP contribution >= 0.6 is 0 Å². The molecule has 0 aromatic heterocycles. The number of nitrogens with zero attached hydrogens (tertiary/aromatic N) is 1. The van der Waals surface area contributed by atoms with Crippen molar-refractivity contribution in [3.63, 3.8) is 0 Å². The van der Waals surface area contributed by atoms with Gasteiger partial charge in [-0.1, -0.05) is 38.1 Å². The second kappa shape index (κ2) is 6.90. The predicted molar refractivity (Wildman–Crippen MR) is 89.0 cm³/mol. The molecule has 22 heavy (non-hydrogen) atoms. The van der Waals surface area contributed by atoms with E-state index in [1.54, 1.807) is 0 Å². The van der Waals surface area contributed by atoms with Crippen LogP contribution in [0.3, 0.4) is 0 Å². The van der Waals surface area contributed by atoms with E-state index < -0.39 is 0 Å². The Morgan fingerprint density at radius 2 is 2.00 bits per heavy atom. The molecule has 2 unspecified atom stereocenters. The summed E-state index contributed by atoms with van der Waals surface area (Å²) in [4.78, 5) is 15.1. The highest BCUT2D eigenvalue weighted by atomic mass is 16.1. The molecule has 2 aliphatic rings. The molecule has 1 aromatic rings. The molecule has 0 aliphatic carbocycles. The fourth-order valence-electron chi connectivity index (χ4n) is 3.54. The van der Waals surface area contributed by atoms with E-state index in [0.717, 1.165) is 39.1 Å². The van der Waals surface area contributed by atoms with E-state index in [1.165, 1.54) is 11.1 Å². The lowest BCUT2D eigenvalue weighted by Gasteiger charge is -2.37. The summed E-state index contributed by atoms with van der Waals surface area (Å²) >= 11 is 0. The van der Waals surface area contributed by atoms with E-state index in [-0.39, 0.29) is 12.0 Å². The first-order valence-corrected chi connectivity index (χ1v) is 8.46. The minimum Gasteiger partial charge on any atom is -0.314 e. The number of Topliss-reactive ketones (excluding diaryl/α,β-unsaturated/α-hetero) is 1. The van der Waals surface area contributed by atoms with Crippen LogP contribution < -0.4 is 10.6 Å². The lowest BCUT2D eigenvalue weighted by Crippen LogP contribution is -2.53. The number of hydrogen-bond acceptors (Lipinski definition) is 4. The molecule has 0 bridgehead atoms. The molecule has 2 aliphatic heterocycles. The third-order valence-electron chi connectivity index (χ3n) is 4.78. The molecule has 1 saturated heterocycles. The zero-order valence-corrected chi connectivity index (χ0v) is 13.6. The highest BCUT2D eigenvalue weighted by molar-refractivity contribution is 5.87. The Bertz CT molecular complexity index is 523. The SMILES string of the molecule is CC(C)C(=O)C1NC(CN2CCNCC2)Cc2ccccc21. The van der Waals surface area contributed by atoms with Gasteiger partial charge in [0.2, 0.25) is 0 Å². The zero-order valence-electron chi connectivity index (χ0n) is 13.6. The average Bonchev–Trinajstić information content (AvgIpc) is 2.54. The average molecular weight is 301 g/mol. The Balaban J connectivity index is 1.77. The Hall–Kier alpha value is -1.23. The normalized spacial score (nSPS) is 26.0. The van der Waals surface area contributed by atoms with Gasteiger partial charge in [-0.05, 0) is 17.5 Å². The molecule has 120 valence electrons. The summed E-state index contributed by atoms with van der Waals surface area (Å²) in [6.45, 7) is 9.34. The van der Waals surface area contributed by atoms with Crippen LogP contribution in [0.4, 0.5) is 0 Å². The van der Waals surface area contributed by atoms with Gasteiger partial charge >= 0.3 is 0 Å². The number of nitrogens with one attached hydrogen (secondary N) is 2. The van der Waals surface area contributed by atoms with Gasteiger partial charge in [0.15, 0.2) is 5.78 Å². The van der Waals surface area contributed by atoms with Crippen molar-refractivity contribution in [1.29, 1.82) is 0 Å². The van der Waals surface area contributed by atoms with Crippen LogP contribution in [-0.4, -0.2) is 49.4 Å².